The van der Waals surface area contributed by atoms with E-state index in [0.29, 0.717) is 5.56 Å². The maximum absolute atomic E-state index is 11.8. The number of carboxylic acids is 1. The van der Waals surface area contributed by atoms with Crippen LogP contribution in [-0.4, -0.2) is 29.7 Å². The van der Waals surface area contributed by atoms with E-state index in [4.69, 9.17) is 9.90 Å². The number of carbonyl (C=O) groups is 2. The van der Waals surface area contributed by atoms with Crippen LogP contribution in [0.2, 0.25) is 0 Å². The predicted octanol–water partition coefficient (Wildman–Crippen LogP) is 3.25. The van der Waals surface area contributed by atoms with Gasteiger partial charge in [-0.25, -0.2) is 10.2 Å². The molecule has 0 saturated carbocycles. The molecule has 0 fully saturated rings. The lowest BCUT2D eigenvalue weighted by Gasteiger charge is -2.08. The van der Waals surface area contributed by atoms with Crippen molar-refractivity contribution in [1.29, 1.82) is 0 Å². The Kier molecular flexibility index (Phi) is 10.4. The smallest absolute Gasteiger partial charge is 0.475 e. The van der Waals surface area contributed by atoms with E-state index in [1.807, 2.05) is 42.5 Å². The lowest BCUT2D eigenvalue weighted by atomic mass is 10.1. The third kappa shape index (κ3) is 10.3. The lowest BCUT2D eigenvalue weighted by Crippen LogP contribution is -2.37. The topological polar surface area (TPSA) is 90.5 Å². The van der Waals surface area contributed by atoms with Gasteiger partial charge in [0.25, 0.3) is 5.91 Å². The number of nitrogens with one attached hydrogen (secondary N) is 3. The van der Waals surface area contributed by atoms with Gasteiger partial charge in [-0.3, -0.25) is 10.2 Å². The summed E-state index contributed by atoms with van der Waals surface area (Å²) in [6, 6.07) is 18.0. The second-order valence-corrected chi connectivity index (χ2v) is 5.97. The molecule has 2 aromatic rings. The van der Waals surface area contributed by atoms with Gasteiger partial charge in [0.15, 0.2) is 0 Å². The summed E-state index contributed by atoms with van der Waals surface area (Å²) in [5.74, 6) is -2.86. The number of hydrogen-bond donors (Lipinski definition) is 4. The highest BCUT2D eigenvalue weighted by atomic mass is 19.4. The van der Waals surface area contributed by atoms with E-state index in [1.165, 1.54) is 5.56 Å². The van der Waals surface area contributed by atoms with Crippen molar-refractivity contribution in [2.45, 2.75) is 32.6 Å². The summed E-state index contributed by atoms with van der Waals surface area (Å²) in [7, 11) is 0. The quantitative estimate of drug-likeness (QED) is 0.396. The molecular formula is C20H24F3N3O3. The maximum Gasteiger partial charge on any atom is 0.490 e. The van der Waals surface area contributed by atoms with Crippen LogP contribution in [0.3, 0.4) is 0 Å². The van der Waals surface area contributed by atoms with Crippen molar-refractivity contribution in [3.8, 4) is 0 Å². The van der Waals surface area contributed by atoms with E-state index in [2.05, 4.69) is 35.2 Å². The second-order valence-electron chi connectivity index (χ2n) is 5.97. The minimum atomic E-state index is -5.08. The number of hydrazine groups is 1. The first kappa shape index (κ1) is 24.1. The molecule has 6 nitrogen and oxygen atoms in total. The van der Waals surface area contributed by atoms with Gasteiger partial charge in [-0.05, 0) is 29.7 Å². The molecule has 0 unspecified atom stereocenters. The average molecular weight is 411 g/mol. The summed E-state index contributed by atoms with van der Waals surface area (Å²) < 4.78 is 31.7. The van der Waals surface area contributed by atoms with Gasteiger partial charge in [0.1, 0.15) is 0 Å². The van der Waals surface area contributed by atoms with Crippen molar-refractivity contribution < 1.29 is 27.9 Å². The molecule has 0 bridgehead atoms. The summed E-state index contributed by atoms with van der Waals surface area (Å²) in [6.45, 7) is 4.44. The molecule has 158 valence electrons. The Morgan fingerprint density at radius 1 is 0.931 bits per heavy atom. The fourth-order valence-electron chi connectivity index (χ4n) is 2.06. The van der Waals surface area contributed by atoms with Crippen LogP contribution in [0.25, 0.3) is 0 Å². The number of benzene rings is 2. The molecule has 0 aliphatic carbocycles. The maximum atomic E-state index is 11.8. The number of amides is 1. The van der Waals surface area contributed by atoms with E-state index >= 15 is 0 Å². The molecule has 9 heteroatoms. The van der Waals surface area contributed by atoms with E-state index in [9.17, 15) is 18.0 Å². The Hall–Kier alpha value is -2.91. The fourth-order valence-corrected chi connectivity index (χ4v) is 2.06. The van der Waals surface area contributed by atoms with E-state index in [0.717, 1.165) is 31.6 Å². The summed E-state index contributed by atoms with van der Waals surface area (Å²) in [6.07, 6.45) is -4.10. The van der Waals surface area contributed by atoms with Crippen LogP contribution in [-0.2, 0) is 17.9 Å². The monoisotopic (exact) mass is 411 g/mol. The van der Waals surface area contributed by atoms with Crippen LogP contribution >= 0.6 is 0 Å². The molecule has 0 aliphatic rings. The molecule has 1 amide bonds. The van der Waals surface area contributed by atoms with Gasteiger partial charge in [-0.15, -0.1) is 0 Å². The molecule has 0 heterocycles. The van der Waals surface area contributed by atoms with Gasteiger partial charge in [0.2, 0.25) is 0 Å². The minimum Gasteiger partial charge on any atom is -0.475 e. The number of halogens is 3. The van der Waals surface area contributed by atoms with Crippen molar-refractivity contribution in [2.75, 3.05) is 6.54 Å². The number of carboxylic acid groups (broad SMARTS) is 1. The largest absolute Gasteiger partial charge is 0.490 e. The standard InChI is InChI=1S/C18H23N3O.C2HF3O2/c1-2-12-20-21-18(22)17-10-8-16(9-11-17)14-19-13-15-6-4-3-5-7-15;3-2(4,5)1(6)7/h3-11,19-20H,2,12-14H2,1H3,(H,21,22);(H,6,7). The van der Waals surface area contributed by atoms with Crippen molar-refractivity contribution in [2.24, 2.45) is 0 Å². The third-order valence-corrected chi connectivity index (χ3v) is 3.54. The number of aliphatic carboxylic acids is 1. The van der Waals surface area contributed by atoms with Gasteiger partial charge in [-0.2, -0.15) is 13.2 Å². The molecule has 2 rings (SSSR count). The molecular weight excluding hydrogens is 387 g/mol. The fraction of sp³-hybridized carbons (Fsp3) is 0.300. The van der Waals surface area contributed by atoms with Crippen LogP contribution in [0.4, 0.5) is 13.2 Å². The van der Waals surface area contributed by atoms with Gasteiger partial charge >= 0.3 is 12.1 Å². The summed E-state index contributed by atoms with van der Waals surface area (Å²) >= 11 is 0. The summed E-state index contributed by atoms with van der Waals surface area (Å²) in [5, 5.41) is 10.5. The molecule has 29 heavy (non-hydrogen) atoms. The second kappa shape index (κ2) is 12.5. The Morgan fingerprint density at radius 2 is 1.45 bits per heavy atom. The van der Waals surface area contributed by atoms with Crippen molar-refractivity contribution >= 4 is 11.9 Å². The molecule has 0 aromatic heterocycles. The summed E-state index contributed by atoms with van der Waals surface area (Å²) in [4.78, 5) is 20.7. The number of alkyl halides is 3. The Morgan fingerprint density at radius 3 is 1.93 bits per heavy atom. The summed E-state index contributed by atoms with van der Waals surface area (Å²) in [5.41, 5.74) is 8.66. The van der Waals surface area contributed by atoms with Crippen LogP contribution < -0.4 is 16.2 Å². The van der Waals surface area contributed by atoms with Crippen LogP contribution in [0, 0.1) is 0 Å². The normalized spacial score (nSPS) is 10.6. The number of rotatable bonds is 8. The first-order valence-electron chi connectivity index (χ1n) is 8.91. The van der Waals surface area contributed by atoms with Crippen molar-refractivity contribution in [3.05, 3.63) is 71.3 Å². The molecule has 4 N–H and O–H groups in total. The van der Waals surface area contributed by atoms with Gasteiger partial charge < -0.3 is 10.4 Å². The van der Waals surface area contributed by atoms with Crippen molar-refractivity contribution in [1.82, 2.24) is 16.2 Å². The van der Waals surface area contributed by atoms with E-state index in [1.54, 1.807) is 0 Å². The molecule has 2 aromatic carbocycles. The average Bonchev–Trinajstić information content (AvgIpc) is 2.69. The Balaban J connectivity index is 0.000000516. The molecule has 0 spiro atoms. The van der Waals surface area contributed by atoms with E-state index in [-0.39, 0.29) is 5.91 Å². The van der Waals surface area contributed by atoms with E-state index < -0.39 is 12.1 Å². The van der Waals surface area contributed by atoms with Crippen LogP contribution in [0.5, 0.6) is 0 Å². The Labute approximate surface area is 167 Å². The molecule has 0 atom stereocenters. The number of hydrogen-bond acceptors (Lipinski definition) is 4. The van der Waals surface area contributed by atoms with Crippen LogP contribution in [0.1, 0.15) is 34.8 Å². The minimum absolute atomic E-state index is 0.0998. The first-order valence-corrected chi connectivity index (χ1v) is 8.91. The lowest BCUT2D eigenvalue weighted by molar-refractivity contribution is -0.192. The molecule has 0 aliphatic heterocycles. The Bertz CT molecular complexity index is 751. The third-order valence-electron chi connectivity index (χ3n) is 3.54. The van der Waals surface area contributed by atoms with Gasteiger partial charge in [0, 0.05) is 25.2 Å². The highest BCUT2D eigenvalue weighted by Gasteiger charge is 2.38. The highest BCUT2D eigenvalue weighted by Crippen LogP contribution is 2.13. The predicted molar refractivity (Wildman–Crippen MR) is 103 cm³/mol. The zero-order valence-corrected chi connectivity index (χ0v) is 15.9. The zero-order valence-electron chi connectivity index (χ0n) is 15.9. The first-order chi connectivity index (χ1) is 13.7. The van der Waals surface area contributed by atoms with Crippen LogP contribution in [0.15, 0.2) is 54.6 Å². The van der Waals surface area contributed by atoms with Crippen molar-refractivity contribution in [3.63, 3.8) is 0 Å². The number of carbonyl (C=O) groups excluding carboxylic acids is 1. The SMILES string of the molecule is CCCNNC(=O)c1ccc(CNCc2ccccc2)cc1.O=C(O)C(F)(F)F. The van der Waals surface area contributed by atoms with Gasteiger partial charge in [-0.1, -0.05) is 49.4 Å². The molecule has 0 radical (unpaired) electrons. The van der Waals surface area contributed by atoms with Gasteiger partial charge in [0.05, 0.1) is 0 Å². The molecule has 0 saturated heterocycles. The highest BCUT2D eigenvalue weighted by molar-refractivity contribution is 5.93. The zero-order chi connectivity index (χ0) is 21.7.